The van der Waals surface area contributed by atoms with Gasteiger partial charge in [-0.1, -0.05) is 12.1 Å². The van der Waals surface area contributed by atoms with Crippen LogP contribution >= 0.6 is 0 Å². The van der Waals surface area contributed by atoms with Gasteiger partial charge in [0.05, 0.1) is 6.04 Å². The first-order chi connectivity index (χ1) is 9.00. The number of benzene rings is 1. The number of hydrogen-bond acceptors (Lipinski definition) is 2. The highest BCUT2D eigenvalue weighted by molar-refractivity contribution is 5.81. The maximum absolute atomic E-state index is 13.6. The quantitative estimate of drug-likeness (QED) is 0.886. The van der Waals surface area contributed by atoms with Gasteiger partial charge in [-0.2, -0.15) is 0 Å². The van der Waals surface area contributed by atoms with E-state index in [1.54, 1.807) is 25.1 Å². The second-order valence-electron chi connectivity index (χ2n) is 5.41. The summed E-state index contributed by atoms with van der Waals surface area (Å²) in [6.45, 7) is 2.61. The van der Waals surface area contributed by atoms with Crippen LogP contribution in [-0.4, -0.2) is 37.5 Å². The first kappa shape index (κ1) is 14.0. The Morgan fingerprint density at radius 3 is 2.84 bits per heavy atom. The molecule has 1 fully saturated rings. The molecule has 1 aromatic rings. The Balaban J connectivity index is 2.17. The molecule has 4 heteroatoms. The highest BCUT2D eigenvalue weighted by atomic mass is 19.1. The molecular weight excluding hydrogens is 243 g/mol. The third-order valence-electron chi connectivity index (χ3n) is 3.89. The number of carbonyl (C=O) groups excluding carboxylic acids is 1. The van der Waals surface area contributed by atoms with Crippen LogP contribution in [0.5, 0.6) is 0 Å². The van der Waals surface area contributed by atoms with Gasteiger partial charge in [0.25, 0.3) is 0 Å². The van der Waals surface area contributed by atoms with Gasteiger partial charge in [0.2, 0.25) is 5.91 Å². The molecule has 0 saturated carbocycles. The van der Waals surface area contributed by atoms with Gasteiger partial charge in [-0.3, -0.25) is 4.79 Å². The van der Waals surface area contributed by atoms with Gasteiger partial charge in [-0.05, 0) is 49.4 Å². The van der Waals surface area contributed by atoms with Crippen molar-refractivity contribution >= 4 is 5.91 Å². The van der Waals surface area contributed by atoms with E-state index in [2.05, 4.69) is 5.32 Å². The molecule has 1 heterocycles. The minimum Gasteiger partial charge on any atom is -0.347 e. The Morgan fingerprint density at radius 2 is 2.16 bits per heavy atom. The Kier molecular flexibility index (Phi) is 4.20. The minimum absolute atomic E-state index is 0.0961. The van der Waals surface area contributed by atoms with E-state index in [1.807, 2.05) is 13.0 Å². The number of hydrogen-bond donors (Lipinski definition) is 1. The molecule has 2 atom stereocenters. The molecule has 0 spiro atoms. The molecule has 1 amide bonds. The fourth-order valence-electron chi connectivity index (χ4n) is 2.77. The third kappa shape index (κ3) is 2.95. The highest BCUT2D eigenvalue weighted by Crippen LogP contribution is 2.31. The molecular formula is C15H21FN2O. The zero-order valence-corrected chi connectivity index (χ0v) is 11.7. The Morgan fingerprint density at radius 1 is 1.42 bits per heavy atom. The summed E-state index contributed by atoms with van der Waals surface area (Å²) in [5.74, 6) is 0.191. The second kappa shape index (κ2) is 5.70. The highest BCUT2D eigenvalue weighted by Gasteiger charge is 2.29. The topological polar surface area (TPSA) is 32.3 Å². The van der Waals surface area contributed by atoms with Gasteiger partial charge in [0, 0.05) is 14.1 Å². The van der Waals surface area contributed by atoms with E-state index in [0.29, 0.717) is 5.56 Å². The van der Waals surface area contributed by atoms with E-state index in [1.165, 1.54) is 6.07 Å². The van der Waals surface area contributed by atoms with Crippen LogP contribution < -0.4 is 5.32 Å². The summed E-state index contributed by atoms with van der Waals surface area (Å²) in [6, 6.07) is 5.06. The average molecular weight is 264 g/mol. The van der Waals surface area contributed by atoms with E-state index in [0.717, 1.165) is 24.9 Å². The SMILES string of the molecule is Cc1c(F)cccc1C1CCNC(C(=O)N(C)C)C1. The summed E-state index contributed by atoms with van der Waals surface area (Å²) in [6.07, 6.45) is 1.68. The summed E-state index contributed by atoms with van der Waals surface area (Å²) in [7, 11) is 3.53. The first-order valence-electron chi connectivity index (χ1n) is 6.70. The molecule has 2 unspecified atom stereocenters. The van der Waals surface area contributed by atoms with Crippen LogP contribution in [0.25, 0.3) is 0 Å². The third-order valence-corrected chi connectivity index (χ3v) is 3.89. The number of nitrogens with zero attached hydrogens (tertiary/aromatic N) is 1. The summed E-state index contributed by atoms with van der Waals surface area (Å²) < 4.78 is 13.6. The van der Waals surface area contributed by atoms with Crippen LogP contribution in [-0.2, 0) is 4.79 Å². The largest absolute Gasteiger partial charge is 0.347 e. The average Bonchev–Trinajstić information content (AvgIpc) is 2.41. The molecule has 1 aliphatic heterocycles. The molecule has 1 N–H and O–H groups in total. The lowest BCUT2D eigenvalue weighted by Gasteiger charge is -2.32. The lowest BCUT2D eigenvalue weighted by molar-refractivity contribution is -0.131. The molecule has 3 nitrogen and oxygen atoms in total. The standard InChI is InChI=1S/C15H21FN2O/c1-10-12(5-4-6-13(10)16)11-7-8-17-14(9-11)15(19)18(2)3/h4-6,11,14,17H,7-9H2,1-3H3. The predicted molar refractivity (Wildman–Crippen MR) is 73.6 cm³/mol. The molecule has 19 heavy (non-hydrogen) atoms. The van der Waals surface area contributed by atoms with Crippen molar-refractivity contribution in [1.29, 1.82) is 0 Å². The number of amides is 1. The smallest absolute Gasteiger partial charge is 0.239 e. The summed E-state index contributed by atoms with van der Waals surface area (Å²) in [4.78, 5) is 13.6. The zero-order chi connectivity index (χ0) is 14.0. The fraction of sp³-hybridized carbons (Fsp3) is 0.533. The van der Waals surface area contributed by atoms with E-state index in [-0.39, 0.29) is 23.7 Å². The van der Waals surface area contributed by atoms with E-state index < -0.39 is 0 Å². The number of carbonyl (C=O) groups is 1. The van der Waals surface area contributed by atoms with Crippen molar-refractivity contribution < 1.29 is 9.18 Å². The van der Waals surface area contributed by atoms with Crippen LogP contribution in [0.4, 0.5) is 4.39 Å². The summed E-state index contributed by atoms with van der Waals surface area (Å²) in [5.41, 5.74) is 1.75. The molecule has 0 bridgehead atoms. The predicted octanol–water partition coefficient (Wildman–Crippen LogP) is 2.06. The molecule has 0 aromatic heterocycles. The molecule has 0 aliphatic carbocycles. The molecule has 0 radical (unpaired) electrons. The van der Waals surface area contributed by atoms with Crippen LogP contribution in [0.3, 0.4) is 0 Å². The van der Waals surface area contributed by atoms with Crippen LogP contribution in [0, 0.1) is 12.7 Å². The molecule has 2 rings (SSSR count). The van der Waals surface area contributed by atoms with Crippen molar-refractivity contribution in [2.24, 2.45) is 0 Å². The summed E-state index contributed by atoms with van der Waals surface area (Å²) >= 11 is 0. The second-order valence-corrected chi connectivity index (χ2v) is 5.41. The van der Waals surface area contributed by atoms with Crippen molar-refractivity contribution in [3.63, 3.8) is 0 Å². The number of piperidine rings is 1. The number of nitrogens with one attached hydrogen (secondary N) is 1. The van der Waals surface area contributed by atoms with E-state index >= 15 is 0 Å². The molecule has 104 valence electrons. The van der Waals surface area contributed by atoms with Gasteiger partial charge in [0.15, 0.2) is 0 Å². The molecule has 1 saturated heterocycles. The Hall–Kier alpha value is -1.42. The number of halogens is 1. The van der Waals surface area contributed by atoms with Gasteiger partial charge >= 0.3 is 0 Å². The van der Waals surface area contributed by atoms with E-state index in [9.17, 15) is 9.18 Å². The van der Waals surface area contributed by atoms with Gasteiger partial charge < -0.3 is 10.2 Å². The van der Waals surface area contributed by atoms with Crippen LogP contribution in [0.2, 0.25) is 0 Å². The molecule has 1 aliphatic rings. The normalized spacial score (nSPS) is 23.2. The van der Waals surface area contributed by atoms with Gasteiger partial charge in [-0.25, -0.2) is 4.39 Å². The lowest BCUT2D eigenvalue weighted by Crippen LogP contribution is -2.47. The zero-order valence-electron chi connectivity index (χ0n) is 11.7. The molecule has 1 aromatic carbocycles. The lowest BCUT2D eigenvalue weighted by atomic mass is 9.84. The number of rotatable bonds is 2. The van der Waals surface area contributed by atoms with Crippen LogP contribution in [0.1, 0.15) is 29.9 Å². The van der Waals surface area contributed by atoms with E-state index in [4.69, 9.17) is 0 Å². The van der Waals surface area contributed by atoms with Crippen molar-refractivity contribution in [2.45, 2.75) is 31.7 Å². The minimum atomic E-state index is -0.161. The van der Waals surface area contributed by atoms with Crippen molar-refractivity contribution in [2.75, 3.05) is 20.6 Å². The Bertz CT molecular complexity index is 473. The monoisotopic (exact) mass is 264 g/mol. The van der Waals surface area contributed by atoms with Gasteiger partial charge in [-0.15, -0.1) is 0 Å². The van der Waals surface area contributed by atoms with Crippen LogP contribution in [0.15, 0.2) is 18.2 Å². The summed E-state index contributed by atoms with van der Waals surface area (Å²) in [5, 5.41) is 3.25. The maximum Gasteiger partial charge on any atom is 0.239 e. The van der Waals surface area contributed by atoms with Gasteiger partial charge in [0.1, 0.15) is 5.82 Å². The van der Waals surface area contributed by atoms with Crippen molar-refractivity contribution in [3.05, 3.63) is 35.1 Å². The Labute approximate surface area is 113 Å². The van der Waals surface area contributed by atoms with Crippen molar-refractivity contribution in [1.82, 2.24) is 10.2 Å². The first-order valence-corrected chi connectivity index (χ1v) is 6.70. The van der Waals surface area contributed by atoms with Crippen molar-refractivity contribution in [3.8, 4) is 0 Å². The fourth-order valence-corrected chi connectivity index (χ4v) is 2.77. The number of likely N-dealkylation sites (N-methyl/N-ethyl adjacent to an activating group) is 1. The maximum atomic E-state index is 13.6.